The predicted molar refractivity (Wildman–Crippen MR) is 86.9 cm³/mol. The molecule has 0 nitrogen and oxygen atoms in total. The fraction of sp³-hybridized carbons (Fsp3) is 0.300. The molecular formula is C20H21Zr. The minimum absolute atomic E-state index is 0.633. The zero-order chi connectivity index (χ0) is 15.1. The van der Waals surface area contributed by atoms with Crippen LogP contribution in [0.15, 0.2) is 42.0 Å². The maximum atomic E-state index is 2.45. The van der Waals surface area contributed by atoms with Crippen LogP contribution in [-0.2, 0) is 24.7 Å². The Morgan fingerprint density at radius 3 is 2.29 bits per heavy atom. The third-order valence-electron chi connectivity index (χ3n) is 4.29. The Labute approximate surface area is 143 Å². The molecule has 1 atom stereocenters. The van der Waals surface area contributed by atoms with Crippen molar-refractivity contribution in [2.24, 2.45) is 5.92 Å². The second-order valence-electron chi connectivity index (χ2n) is 6.42. The first-order valence-electron chi connectivity index (χ1n) is 7.61. The van der Waals surface area contributed by atoms with Crippen molar-refractivity contribution in [3.05, 3.63) is 64.2 Å². The van der Waals surface area contributed by atoms with Crippen molar-refractivity contribution in [3.63, 3.8) is 0 Å². The summed E-state index contributed by atoms with van der Waals surface area (Å²) in [5.74, 6) is 0.633. The summed E-state index contributed by atoms with van der Waals surface area (Å²) >= 11 is 1.60. The van der Waals surface area contributed by atoms with Gasteiger partial charge >= 0.3 is 143 Å². The second-order valence-corrected chi connectivity index (χ2v) is 7.84. The third kappa shape index (κ3) is 2.73. The van der Waals surface area contributed by atoms with Crippen molar-refractivity contribution in [3.8, 4) is 11.1 Å². The Bertz CT molecular complexity index is 702. The average molecular weight is 353 g/mol. The maximum absolute atomic E-state index is 2.45. The summed E-state index contributed by atoms with van der Waals surface area (Å²) in [4.78, 5) is 0. The number of aryl methyl sites for hydroxylation is 2. The van der Waals surface area contributed by atoms with Gasteiger partial charge in [-0.3, -0.25) is 0 Å². The normalized spacial score (nSPS) is 17.0. The van der Waals surface area contributed by atoms with Crippen molar-refractivity contribution in [2.75, 3.05) is 0 Å². The molecule has 21 heavy (non-hydrogen) atoms. The Hall–Kier alpha value is -0.937. The average Bonchev–Trinajstić information content (AvgIpc) is 2.75. The SMILES string of the molecule is Cc1cc(C)cc(-c2cccc3c2C=C(C(C)C)[CH]3[Zr])c1. The van der Waals surface area contributed by atoms with Crippen LogP contribution in [0.1, 0.15) is 39.7 Å². The van der Waals surface area contributed by atoms with Crippen LogP contribution in [0.4, 0.5) is 0 Å². The predicted octanol–water partition coefficient (Wildman–Crippen LogP) is 5.61. The first kappa shape index (κ1) is 15.0. The van der Waals surface area contributed by atoms with Crippen LogP contribution in [0.2, 0.25) is 0 Å². The van der Waals surface area contributed by atoms with Crippen LogP contribution in [0, 0.1) is 19.8 Å². The summed E-state index contributed by atoms with van der Waals surface area (Å²) in [7, 11) is 0. The molecule has 1 unspecified atom stereocenters. The Kier molecular flexibility index (Phi) is 4.06. The monoisotopic (exact) mass is 351 g/mol. The van der Waals surface area contributed by atoms with Gasteiger partial charge in [0.15, 0.2) is 0 Å². The number of hydrogen-bond acceptors (Lipinski definition) is 0. The van der Waals surface area contributed by atoms with Gasteiger partial charge in [0.25, 0.3) is 0 Å². The van der Waals surface area contributed by atoms with E-state index in [2.05, 4.69) is 70.2 Å². The van der Waals surface area contributed by atoms with Gasteiger partial charge in [0.05, 0.1) is 0 Å². The summed E-state index contributed by atoms with van der Waals surface area (Å²) in [6.07, 6.45) is 2.45. The fourth-order valence-corrected chi connectivity index (χ4v) is 4.95. The Morgan fingerprint density at radius 2 is 1.67 bits per heavy atom. The van der Waals surface area contributed by atoms with Gasteiger partial charge in [-0.25, -0.2) is 0 Å². The number of rotatable bonds is 2. The van der Waals surface area contributed by atoms with E-state index < -0.39 is 0 Å². The quantitative estimate of drug-likeness (QED) is 0.659. The molecule has 0 N–H and O–H groups in total. The first-order valence-corrected chi connectivity index (χ1v) is 9.03. The molecule has 3 rings (SSSR count). The summed E-state index contributed by atoms with van der Waals surface area (Å²) in [6.45, 7) is 8.99. The van der Waals surface area contributed by atoms with E-state index in [1.54, 1.807) is 30.3 Å². The molecule has 0 spiro atoms. The van der Waals surface area contributed by atoms with Gasteiger partial charge in [0.2, 0.25) is 0 Å². The zero-order valence-corrected chi connectivity index (χ0v) is 15.7. The van der Waals surface area contributed by atoms with Crippen LogP contribution in [0.5, 0.6) is 0 Å². The van der Waals surface area contributed by atoms with Gasteiger partial charge in [0, 0.05) is 0 Å². The van der Waals surface area contributed by atoms with Gasteiger partial charge in [-0.15, -0.1) is 0 Å². The standard InChI is InChI=1S/C20H21.Zr/c1-13(2)17-11-16-6-5-7-19(20(16)12-17)18-9-14(3)8-15(4)10-18;/h5-13H,1-4H3;. The molecule has 1 aliphatic carbocycles. The second kappa shape index (κ2) is 5.69. The number of hydrogen-bond donors (Lipinski definition) is 0. The van der Waals surface area contributed by atoms with E-state index in [1.807, 2.05) is 0 Å². The molecule has 0 aromatic heterocycles. The van der Waals surface area contributed by atoms with Crippen molar-refractivity contribution < 1.29 is 24.7 Å². The molecule has 0 fully saturated rings. The third-order valence-corrected chi connectivity index (χ3v) is 5.88. The van der Waals surface area contributed by atoms with E-state index in [4.69, 9.17) is 0 Å². The molecule has 1 heteroatoms. The molecule has 0 aliphatic heterocycles. The Morgan fingerprint density at radius 1 is 1.00 bits per heavy atom. The van der Waals surface area contributed by atoms with Crippen LogP contribution in [-0.4, -0.2) is 0 Å². The van der Waals surface area contributed by atoms with Crippen LogP contribution in [0.25, 0.3) is 17.2 Å². The molecule has 0 saturated heterocycles. The van der Waals surface area contributed by atoms with Crippen molar-refractivity contribution in [1.29, 1.82) is 0 Å². The molecular weight excluding hydrogens is 331 g/mol. The van der Waals surface area contributed by atoms with Crippen LogP contribution >= 0.6 is 0 Å². The number of fused-ring (bicyclic) bond motifs is 1. The topological polar surface area (TPSA) is 0 Å². The van der Waals surface area contributed by atoms with E-state index in [1.165, 1.54) is 33.4 Å². The molecule has 0 bridgehead atoms. The molecule has 105 valence electrons. The van der Waals surface area contributed by atoms with Gasteiger partial charge in [-0.2, -0.15) is 0 Å². The van der Waals surface area contributed by atoms with E-state index in [0.29, 0.717) is 9.54 Å². The summed E-state index contributed by atoms with van der Waals surface area (Å²) in [5.41, 5.74) is 10.00. The number of allylic oxidation sites excluding steroid dienone is 1. The zero-order valence-electron chi connectivity index (χ0n) is 13.2. The van der Waals surface area contributed by atoms with Crippen molar-refractivity contribution in [1.82, 2.24) is 0 Å². The van der Waals surface area contributed by atoms with E-state index in [-0.39, 0.29) is 0 Å². The van der Waals surface area contributed by atoms with Gasteiger partial charge in [-0.05, 0) is 0 Å². The van der Waals surface area contributed by atoms with Gasteiger partial charge < -0.3 is 0 Å². The Balaban J connectivity index is 2.19. The van der Waals surface area contributed by atoms with E-state index in [9.17, 15) is 0 Å². The van der Waals surface area contributed by atoms with Gasteiger partial charge in [0.1, 0.15) is 0 Å². The van der Waals surface area contributed by atoms with E-state index in [0.717, 1.165) is 0 Å². The minimum atomic E-state index is 0.633. The molecule has 2 aromatic carbocycles. The van der Waals surface area contributed by atoms with Crippen molar-refractivity contribution >= 4 is 6.08 Å². The van der Waals surface area contributed by atoms with Crippen LogP contribution in [0.3, 0.4) is 0 Å². The summed E-state index contributed by atoms with van der Waals surface area (Å²) in [5, 5.41) is 0. The molecule has 0 saturated carbocycles. The molecule has 0 radical (unpaired) electrons. The summed E-state index contributed by atoms with van der Waals surface area (Å²) in [6, 6.07) is 13.7. The van der Waals surface area contributed by atoms with Crippen LogP contribution < -0.4 is 0 Å². The number of benzene rings is 2. The fourth-order valence-electron chi connectivity index (χ4n) is 3.31. The molecule has 0 amide bonds. The first-order chi connectivity index (χ1) is 9.97. The molecule has 2 aromatic rings. The van der Waals surface area contributed by atoms with E-state index >= 15 is 0 Å². The van der Waals surface area contributed by atoms with Crippen molar-refractivity contribution in [2.45, 2.75) is 31.3 Å². The van der Waals surface area contributed by atoms with Gasteiger partial charge in [-0.1, -0.05) is 0 Å². The summed E-state index contributed by atoms with van der Waals surface area (Å²) < 4.78 is 0.637. The molecule has 1 aliphatic rings. The molecule has 0 heterocycles.